The number of amides is 2. The molecule has 0 spiro atoms. The summed E-state index contributed by atoms with van der Waals surface area (Å²) in [5.74, 6) is 0. The smallest absolute Gasteiger partial charge is 0.314 e. The van der Waals surface area contributed by atoms with Crippen LogP contribution in [0.1, 0.15) is 6.42 Å². The number of halogens is 1. The summed E-state index contributed by atoms with van der Waals surface area (Å²) in [6, 6.07) is -0.0359. The average molecular weight is 180 g/mol. The molecule has 1 fully saturated rings. The highest BCUT2D eigenvalue weighted by Crippen LogP contribution is 2.04. The van der Waals surface area contributed by atoms with Gasteiger partial charge in [-0.05, 0) is 13.0 Å². The second kappa shape index (κ2) is 4.41. The van der Waals surface area contributed by atoms with Crippen LogP contribution in [-0.2, 0) is 0 Å². The summed E-state index contributed by atoms with van der Waals surface area (Å²) in [5, 5.41) is 3.16. The van der Waals surface area contributed by atoms with Crippen molar-refractivity contribution < 1.29 is 4.79 Å². The van der Waals surface area contributed by atoms with Gasteiger partial charge in [0.15, 0.2) is 0 Å². The Hall–Kier alpha value is -0.480. The van der Waals surface area contributed by atoms with E-state index in [2.05, 4.69) is 5.32 Å². The first-order valence-corrected chi connectivity index (χ1v) is 3.45. The van der Waals surface area contributed by atoms with Crippen LogP contribution >= 0.6 is 12.4 Å². The van der Waals surface area contributed by atoms with Gasteiger partial charge < -0.3 is 16.0 Å². The van der Waals surface area contributed by atoms with Crippen molar-refractivity contribution in [1.29, 1.82) is 0 Å². The van der Waals surface area contributed by atoms with Gasteiger partial charge in [-0.1, -0.05) is 0 Å². The lowest BCUT2D eigenvalue weighted by atomic mass is 10.2. The Labute approximate surface area is 72.5 Å². The number of primary amides is 1. The largest absolute Gasteiger partial charge is 0.351 e. The predicted molar refractivity (Wildman–Crippen MR) is 45.9 cm³/mol. The van der Waals surface area contributed by atoms with Gasteiger partial charge in [-0.2, -0.15) is 0 Å². The normalized spacial score (nSPS) is 22.5. The van der Waals surface area contributed by atoms with E-state index < -0.39 is 0 Å². The molecule has 11 heavy (non-hydrogen) atoms. The van der Waals surface area contributed by atoms with Crippen LogP contribution in [0.2, 0.25) is 0 Å². The summed E-state index contributed by atoms with van der Waals surface area (Å²) in [4.78, 5) is 12.2. The Morgan fingerprint density at radius 1 is 1.73 bits per heavy atom. The van der Waals surface area contributed by atoms with Crippen LogP contribution < -0.4 is 11.1 Å². The zero-order chi connectivity index (χ0) is 7.56. The number of nitrogens with two attached hydrogens (primary N) is 1. The first-order valence-electron chi connectivity index (χ1n) is 3.45. The summed E-state index contributed by atoms with van der Waals surface area (Å²) in [6.45, 7) is 1.86. The minimum atomic E-state index is -0.339. The van der Waals surface area contributed by atoms with Crippen LogP contribution in [0.15, 0.2) is 0 Å². The molecule has 0 saturated carbocycles. The van der Waals surface area contributed by atoms with Gasteiger partial charge in [0.05, 0.1) is 0 Å². The molecule has 0 aliphatic carbocycles. The number of likely N-dealkylation sites (N-methyl/N-ethyl adjacent to an activating group) is 1. The van der Waals surface area contributed by atoms with E-state index in [1.807, 2.05) is 0 Å². The summed E-state index contributed by atoms with van der Waals surface area (Å²) in [6.07, 6.45) is 1.01. The fourth-order valence-corrected chi connectivity index (χ4v) is 1.15. The van der Waals surface area contributed by atoms with Crippen molar-refractivity contribution in [2.24, 2.45) is 5.73 Å². The summed E-state index contributed by atoms with van der Waals surface area (Å²) in [7, 11) is 1.74. The highest BCUT2D eigenvalue weighted by Gasteiger charge is 2.20. The minimum Gasteiger partial charge on any atom is -0.351 e. The quantitative estimate of drug-likeness (QED) is 0.585. The van der Waals surface area contributed by atoms with Crippen LogP contribution in [0.3, 0.4) is 0 Å². The molecule has 1 heterocycles. The summed E-state index contributed by atoms with van der Waals surface area (Å²) < 4.78 is 0. The molecule has 1 atom stereocenters. The molecule has 0 radical (unpaired) electrons. The van der Waals surface area contributed by atoms with Crippen LogP contribution in [0, 0.1) is 0 Å². The van der Waals surface area contributed by atoms with Gasteiger partial charge in [0.25, 0.3) is 0 Å². The molecule has 1 saturated heterocycles. The second-order valence-corrected chi connectivity index (χ2v) is 2.60. The Morgan fingerprint density at radius 3 is 2.73 bits per heavy atom. The van der Waals surface area contributed by atoms with Gasteiger partial charge >= 0.3 is 6.03 Å². The monoisotopic (exact) mass is 179 g/mol. The third-order valence-corrected chi connectivity index (χ3v) is 1.93. The van der Waals surface area contributed by atoms with Crippen molar-refractivity contribution in [2.75, 3.05) is 20.1 Å². The van der Waals surface area contributed by atoms with Crippen molar-refractivity contribution in [3.8, 4) is 0 Å². The first-order chi connectivity index (χ1) is 4.72. The van der Waals surface area contributed by atoms with Crippen molar-refractivity contribution in [2.45, 2.75) is 12.5 Å². The molecular weight excluding hydrogens is 166 g/mol. The molecule has 1 rings (SSSR count). The number of nitrogens with zero attached hydrogens (tertiary/aromatic N) is 1. The first kappa shape index (κ1) is 10.5. The van der Waals surface area contributed by atoms with Crippen molar-refractivity contribution in [3.63, 3.8) is 0 Å². The number of urea groups is 1. The maximum absolute atomic E-state index is 10.6. The number of carbonyl (C=O) groups excluding carboxylic acids is 1. The van der Waals surface area contributed by atoms with E-state index in [0.717, 1.165) is 19.5 Å². The van der Waals surface area contributed by atoms with Crippen LogP contribution in [-0.4, -0.2) is 37.1 Å². The maximum atomic E-state index is 10.6. The van der Waals surface area contributed by atoms with Gasteiger partial charge in [-0.3, -0.25) is 0 Å². The van der Waals surface area contributed by atoms with Crippen molar-refractivity contribution >= 4 is 18.4 Å². The molecule has 0 aromatic heterocycles. The second-order valence-electron chi connectivity index (χ2n) is 2.60. The molecule has 3 N–H and O–H groups in total. The van der Waals surface area contributed by atoms with E-state index >= 15 is 0 Å². The maximum Gasteiger partial charge on any atom is 0.314 e. The average Bonchev–Trinajstić information content (AvgIpc) is 2.36. The SMILES string of the molecule is CN(C(N)=O)[C@H]1CCNC1.Cl. The molecule has 66 valence electrons. The third kappa shape index (κ3) is 2.55. The molecule has 2 amide bonds. The van der Waals surface area contributed by atoms with Gasteiger partial charge in [-0.25, -0.2) is 4.79 Å². The van der Waals surface area contributed by atoms with E-state index in [-0.39, 0.29) is 18.4 Å². The highest BCUT2D eigenvalue weighted by atomic mass is 35.5. The number of hydrogen-bond acceptors (Lipinski definition) is 2. The van der Waals surface area contributed by atoms with E-state index in [1.54, 1.807) is 11.9 Å². The van der Waals surface area contributed by atoms with Crippen LogP contribution in [0.5, 0.6) is 0 Å². The Kier molecular flexibility index (Phi) is 4.22. The molecule has 5 heteroatoms. The Bertz CT molecular complexity index is 136. The molecule has 0 aromatic carbocycles. The molecule has 0 aromatic rings. The highest BCUT2D eigenvalue weighted by molar-refractivity contribution is 5.85. The number of nitrogens with one attached hydrogen (secondary N) is 1. The van der Waals surface area contributed by atoms with Gasteiger partial charge in [0.2, 0.25) is 0 Å². The molecule has 0 bridgehead atoms. The lowest BCUT2D eigenvalue weighted by Gasteiger charge is -2.20. The Morgan fingerprint density at radius 2 is 2.36 bits per heavy atom. The van der Waals surface area contributed by atoms with Crippen LogP contribution in [0.4, 0.5) is 4.79 Å². The van der Waals surface area contributed by atoms with Gasteiger partial charge in [-0.15, -0.1) is 12.4 Å². The standard InChI is InChI=1S/C6H13N3O.ClH/c1-9(6(7)10)5-2-3-8-4-5;/h5,8H,2-4H2,1H3,(H2,7,10);1H/t5-;/m0./s1. The topological polar surface area (TPSA) is 58.4 Å². The Balaban J connectivity index is 0.000001000. The lowest BCUT2D eigenvalue weighted by Crippen LogP contribution is -2.41. The number of rotatable bonds is 1. The zero-order valence-electron chi connectivity index (χ0n) is 6.54. The van der Waals surface area contributed by atoms with E-state index in [9.17, 15) is 4.79 Å². The summed E-state index contributed by atoms with van der Waals surface area (Å²) in [5.41, 5.74) is 5.08. The fraction of sp³-hybridized carbons (Fsp3) is 0.833. The molecule has 1 aliphatic heterocycles. The predicted octanol–water partition coefficient (Wildman–Crippen LogP) is -0.219. The van der Waals surface area contributed by atoms with Gasteiger partial charge in [0, 0.05) is 19.6 Å². The lowest BCUT2D eigenvalue weighted by molar-refractivity contribution is 0.203. The van der Waals surface area contributed by atoms with E-state index in [0.29, 0.717) is 6.04 Å². The summed E-state index contributed by atoms with van der Waals surface area (Å²) >= 11 is 0. The third-order valence-electron chi connectivity index (χ3n) is 1.93. The van der Waals surface area contributed by atoms with Gasteiger partial charge in [0.1, 0.15) is 0 Å². The zero-order valence-corrected chi connectivity index (χ0v) is 7.36. The fourth-order valence-electron chi connectivity index (χ4n) is 1.15. The number of carbonyl (C=O) groups is 1. The minimum absolute atomic E-state index is 0. The van der Waals surface area contributed by atoms with Crippen molar-refractivity contribution in [1.82, 2.24) is 10.2 Å². The van der Waals surface area contributed by atoms with Crippen LogP contribution in [0.25, 0.3) is 0 Å². The van der Waals surface area contributed by atoms with E-state index in [4.69, 9.17) is 5.73 Å². The molecular formula is C6H14ClN3O. The van der Waals surface area contributed by atoms with E-state index in [1.165, 1.54) is 0 Å². The molecule has 1 aliphatic rings. The molecule has 4 nitrogen and oxygen atoms in total. The number of hydrogen-bond donors (Lipinski definition) is 2. The van der Waals surface area contributed by atoms with Crippen molar-refractivity contribution in [3.05, 3.63) is 0 Å². The molecule has 0 unspecified atom stereocenters.